The molecule has 0 saturated carbocycles. The van der Waals surface area contributed by atoms with E-state index in [4.69, 9.17) is 4.74 Å². The zero-order valence-electron chi connectivity index (χ0n) is 18.8. The summed E-state index contributed by atoms with van der Waals surface area (Å²) in [6.45, 7) is 0.644. The summed E-state index contributed by atoms with van der Waals surface area (Å²) in [5, 5.41) is 14.1. The Morgan fingerprint density at radius 3 is 2.40 bits per heavy atom. The molecule has 178 valence electrons. The molecular weight excluding hydrogens is 464 g/mol. The van der Waals surface area contributed by atoms with Crippen molar-refractivity contribution >= 4 is 29.3 Å². The second-order valence-corrected chi connectivity index (χ2v) is 9.43. The minimum Gasteiger partial charge on any atom is -0.479 e. The first kappa shape index (κ1) is 22.9. The highest BCUT2D eigenvalue weighted by atomic mass is 32.1. The van der Waals surface area contributed by atoms with Crippen LogP contribution in [0.1, 0.15) is 33.5 Å². The summed E-state index contributed by atoms with van der Waals surface area (Å²) < 4.78 is 5.49. The van der Waals surface area contributed by atoms with Gasteiger partial charge < -0.3 is 20.1 Å². The van der Waals surface area contributed by atoms with E-state index in [2.05, 4.69) is 29.6 Å². The number of nitrogens with one attached hydrogen (secondary N) is 1. The monoisotopic (exact) mass is 488 g/mol. The Hall–Kier alpha value is -3.91. The average Bonchev–Trinajstić information content (AvgIpc) is 3.47. The molecule has 5 rings (SSSR count). The van der Waals surface area contributed by atoms with Crippen LogP contribution in [0.15, 0.2) is 72.1 Å². The van der Waals surface area contributed by atoms with Crippen LogP contribution in [0, 0.1) is 0 Å². The third kappa shape index (κ3) is 4.44. The molecule has 3 aromatic rings. The van der Waals surface area contributed by atoms with Gasteiger partial charge in [-0.1, -0.05) is 54.6 Å². The number of rotatable bonds is 6. The smallest absolute Gasteiger partial charge is 0.407 e. The first-order chi connectivity index (χ1) is 17.0. The molecule has 2 aliphatic rings. The van der Waals surface area contributed by atoms with Crippen molar-refractivity contribution in [3.05, 3.63) is 93.7 Å². The molecule has 2 amide bonds. The number of aliphatic carboxylic acids is 1. The van der Waals surface area contributed by atoms with E-state index in [0.29, 0.717) is 18.5 Å². The van der Waals surface area contributed by atoms with Gasteiger partial charge in [0.2, 0.25) is 5.91 Å². The summed E-state index contributed by atoms with van der Waals surface area (Å²) in [4.78, 5) is 39.1. The van der Waals surface area contributed by atoms with Gasteiger partial charge in [-0.2, -0.15) is 0 Å². The van der Waals surface area contributed by atoms with E-state index in [-0.39, 0.29) is 19.1 Å². The van der Waals surface area contributed by atoms with Crippen molar-refractivity contribution < 1.29 is 24.2 Å². The van der Waals surface area contributed by atoms with Crippen molar-refractivity contribution in [3.8, 4) is 11.1 Å². The molecule has 0 radical (unpaired) electrons. The molecule has 0 bridgehead atoms. The SMILES string of the molecule is O=C(NC/C=C/C(=O)N1CCc2sccc2C1C(=O)O)OCC1c2ccccc2-c2ccccc21. The second kappa shape index (κ2) is 9.76. The van der Waals surface area contributed by atoms with Crippen LogP contribution in [0.5, 0.6) is 0 Å². The molecule has 1 atom stereocenters. The third-order valence-electron chi connectivity index (χ3n) is 6.45. The van der Waals surface area contributed by atoms with Crippen LogP contribution in [0.4, 0.5) is 4.79 Å². The lowest BCUT2D eigenvalue weighted by atomic mass is 9.98. The van der Waals surface area contributed by atoms with Crippen LogP contribution in [0.25, 0.3) is 11.1 Å². The Kier molecular flexibility index (Phi) is 6.37. The molecule has 1 unspecified atom stereocenters. The van der Waals surface area contributed by atoms with E-state index < -0.39 is 24.0 Å². The quantitative estimate of drug-likeness (QED) is 0.503. The molecule has 2 aromatic carbocycles. The van der Waals surface area contributed by atoms with Crippen molar-refractivity contribution in [1.82, 2.24) is 10.2 Å². The fourth-order valence-corrected chi connectivity index (χ4v) is 5.77. The largest absolute Gasteiger partial charge is 0.479 e. The molecule has 1 aromatic heterocycles. The van der Waals surface area contributed by atoms with Gasteiger partial charge in [-0.3, -0.25) is 4.79 Å². The predicted octanol–water partition coefficient (Wildman–Crippen LogP) is 4.35. The second-order valence-electron chi connectivity index (χ2n) is 8.43. The maximum absolute atomic E-state index is 12.7. The van der Waals surface area contributed by atoms with Gasteiger partial charge in [0.15, 0.2) is 6.04 Å². The summed E-state index contributed by atoms with van der Waals surface area (Å²) in [6, 6.07) is 17.0. The van der Waals surface area contributed by atoms with E-state index in [9.17, 15) is 19.5 Å². The van der Waals surface area contributed by atoms with Crippen LogP contribution in [0.3, 0.4) is 0 Å². The van der Waals surface area contributed by atoms with Crippen LogP contribution in [0.2, 0.25) is 0 Å². The Labute approximate surface area is 206 Å². The number of hydrogen-bond donors (Lipinski definition) is 2. The molecule has 0 fully saturated rings. The summed E-state index contributed by atoms with van der Waals surface area (Å²) in [5.41, 5.74) is 5.26. The summed E-state index contributed by atoms with van der Waals surface area (Å²) >= 11 is 1.51. The number of nitrogens with zero attached hydrogens (tertiary/aromatic N) is 1. The fourth-order valence-electron chi connectivity index (χ4n) is 4.87. The lowest BCUT2D eigenvalue weighted by Gasteiger charge is -2.32. The zero-order valence-corrected chi connectivity index (χ0v) is 19.7. The molecule has 1 aliphatic heterocycles. The first-order valence-corrected chi connectivity index (χ1v) is 12.3. The van der Waals surface area contributed by atoms with Crippen molar-refractivity contribution in [2.45, 2.75) is 18.4 Å². The topological polar surface area (TPSA) is 95.9 Å². The Morgan fingerprint density at radius 2 is 1.71 bits per heavy atom. The molecule has 2 heterocycles. The Bertz CT molecular complexity index is 1270. The number of benzene rings is 2. The highest BCUT2D eigenvalue weighted by molar-refractivity contribution is 7.10. The van der Waals surface area contributed by atoms with Gasteiger partial charge in [0.05, 0.1) is 0 Å². The molecule has 8 heteroatoms. The number of carboxylic acids is 1. The normalized spacial score (nSPS) is 16.5. The lowest BCUT2D eigenvalue weighted by molar-refractivity contribution is -0.149. The number of amides is 2. The van der Waals surface area contributed by atoms with E-state index >= 15 is 0 Å². The van der Waals surface area contributed by atoms with E-state index in [1.165, 1.54) is 28.4 Å². The summed E-state index contributed by atoms with van der Waals surface area (Å²) in [5.74, 6) is -1.48. The molecular formula is C27H24N2O5S. The summed E-state index contributed by atoms with van der Waals surface area (Å²) in [6.07, 6.45) is 2.87. The summed E-state index contributed by atoms with van der Waals surface area (Å²) in [7, 11) is 0. The minimum atomic E-state index is -1.05. The van der Waals surface area contributed by atoms with Crippen LogP contribution < -0.4 is 5.32 Å². The van der Waals surface area contributed by atoms with Gasteiger partial charge in [-0.25, -0.2) is 9.59 Å². The van der Waals surface area contributed by atoms with E-state index in [0.717, 1.165) is 27.1 Å². The van der Waals surface area contributed by atoms with E-state index in [1.54, 1.807) is 6.07 Å². The van der Waals surface area contributed by atoms with Crippen LogP contribution in [-0.2, 0) is 20.7 Å². The highest BCUT2D eigenvalue weighted by Crippen LogP contribution is 2.44. The van der Waals surface area contributed by atoms with Crippen molar-refractivity contribution in [1.29, 1.82) is 0 Å². The number of alkyl carbamates (subject to hydrolysis) is 1. The molecule has 7 nitrogen and oxygen atoms in total. The third-order valence-corrected chi connectivity index (χ3v) is 7.45. The van der Waals surface area contributed by atoms with Crippen molar-refractivity contribution in [2.75, 3.05) is 19.7 Å². The van der Waals surface area contributed by atoms with Gasteiger partial charge in [-0.15, -0.1) is 11.3 Å². The van der Waals surface area contributed by atoms with Crippen molar-refractivity contribution in [3.63, 3.8) is 0 Å². The van der Waals surface area contributed by atoms with Gasteiger partial charge in [0.25, 0.3) is 0 Å². The lowest BCUT2D eigenvalue weighted by Crippen LogP contribution is -2.42. The van der Waals surface area contributed by atoms with Gasteiger partial charge >= 0.3 is 12.1 Å². The molecule has 0 saturated heterocycles. The molecule has 35 heavy (non-hydrogen) atoms. The number of hydrogen-bond acceptors (Lipinski definition) is 5. The highest BCUT2D eigenvalue weighted by Gasteiger charge is 2.35. The Balaban J connectivity index is 1.15. The first-order valence-electron chi connectivity index (χ1n) is 11.4. The maximum Gasteiger partial charge on any atom is 0.407 e. The predicted molar refractivity (Wildman–Crippen MR) is 132 cm³/mol. The van der Waals surface area contributed by atoms with Crippen LogP contribution >= 0.6 is 11.3 Å². The van der Waals surface area contributed by atoms with E-state index in [1.807, 2.05) is 29.6 Å². The van der Waals surface area contributed by atoms with Crippen molar-refractivity contribution in [2.24, 2.45) is 0 Å². The Morgan fingerprint density at radius 1 is 1.03 bits per heavy atom. The maximum atomic E-state index is 12.7. The number of carbonyl (C=O) groups is 3. The number of carbonyl (C=O) groups excluding carboxylic acids is 2. The average molecular weight is 489 g/mol. The number of ether oxygens (including phenoxy) is 1. The van der Waals surface area contributed by atoms with Gasteiger partial charge in [-0.05, 0) is 45.7 Å². The number of thiophene rings is 1. The minimum absolute atomic E-state index is 0.0284. The standard InChI is InChI=1S/C27H24N2O5S/c30-24(29-14-11-23-21(12-15-35-23)25(29)26(31)32)10-5-13-28-27(33)34-16-22-19-8-3-1-6-17(19)18-7-2-4-9-20(18)22/h1-10,12,15,22,25H,11,13-14,16H2,(H,28,33)(H,31,32)/b10-5+. The molecule has 1 aliphatic carbocycles. The van der Waals surface area contributed by atoms with Crippen LogP contribution in [-0.4, -0.2) is 47.7 Å². The fraction of sp³-hybridized carbons (Fsp3) is 0.222. The number of carboxylic acid groups (broad SMARTS) is 1. The number of fused-ring (bicyclic) bond motifs is 4. The zero-order chi connectivity index (χ0) is 24.4. The molecule has 2 N–H and O–H groups in total. The van der Waals surface area contributed by atoms with Gasteiger partial charge in [0.1, 0.15) is 6.61 Å². The molecule has 0 spiro atoms. The van der Waals surface area contributed by atoms with Gasteiger partial charge in [0, 0.05) is 30.0 Å².